The third-order valence-electron chi connectivity index (χ3n) is 2.64. The molecule has 0 heterocycles. The fourth-order valence-corrected chi connectivity index (χ4v) is 1.88. The third-order valence-corrected chi connectivity index (χ3v) is 2.64. The van der Waals surface area contributed by atoms with Crippen LogP contribution in [0.1, 0.15) is 40.5 Å². The number of hydrogen-bond donors (Lipinski definition) is 0. The van der Waals surface area contributed by atoms with Gasteiger partial charge in [0, 0.05) is 0 Å². The van der Waals surface area contributed by atoms with Crippen LogP contribution in [0, 0.1) is 5.92 Å². The Bertz CT molecular complexity index is 206. The maximum absolute atomic E-state index is 2.38. The van der Waals surface area contributed by atoms with E-state index < -0.39 is 0 Å². The predicted octanol–water partition coefficient (Wildman–Crippen LogP) is 3.70. The second kappa shape index (κ2) is 3.25. The van der Waals surface area contributed by atoms with Crippen LogP contribution in [0.2, 0.25) is 0 Å². The summed E-state index contributed by atoms with van der Waals surface area (Å²) >= 11 is 0. The maximum atomic E-state index is 2.38. The van der Waals surface area contributed by atoms with E-state index in [4.69, 9.17) is 0 Å². The van der Waals surface area contributed by atoms with Crippen molar-refractivity contribution in [3.05, 3.63) is 22.8 Å². The van der Waals surface area contributed by atoms with Crippen molar-refractivity contribution in [3.8, 4) is 0 Å². The van der Waals surface area contributed by atoms with E-state index in [-0.39, 0.29) is 0 Å². The van der Waals surface area contributed by atoms with Gasteiger partial charge >= 0.3 is 0 Å². The van der Waals surface area contributed by atoms with Crippen molar-refractivity contribution in [1.29, 1.82) is 0 Å². The lowest BCUT2D eigenvalue weighted by Gasteiger charge is -2.07. The summed E-state index contributed by atoms with van der Waals surface area (Å²) in [4.78, 5) is 0. The van der Waals surface area contributed by atoms with Gasteiger partial charge in [-0.2, -0.15) is 0 Å². The predicted molar refractivity (Wildman–Crippen MR) is 50.5 cm³/mol. The lowest BCUT2D eigenvalue weighted by atomic mass is 9.98. The second-order valence-corrected chi connectivity index (χ2v) is 3.54. The molecule has 0 saturated heterocycles. The van der Waals surface area contributed by atoms with Crippen LogP contribution >= 0.6 is 0 Å². The summed E-state index contributed by atoms with van der Waals surface area (Å²) in [5.41, 5.74) is 4.69. The zero-order valence-corrected chi connectivity index (χ0v) is 8.07. The minimum atomic E-state index is 0.704. The highest BCUT2D eigenvalue weighted by molar-refractivity contribution is 5.41. The summed E-state index contributed by atoms with van der Waals surface area (Å²) in [7, 11) is 0. The zero-order valence-electron chi connectivity index (χ0n) is 8.07. The smallest absolute Gasteiger partial charge is 0.00400 e. The Morgan fingerprint density at radius 2 is 2.00 bits per heavy atom. The molecule has 1 aliphatic rings. The van der Waals surface area contributed by atoms with Gasteiger partial charge in [0.05, 0.1) is 0 Å². The van der Waals surface area contributed by atoms with Crippen LogP contribution in [0.25, 0.3) is 0 Å². The van der Waals surface area contributed by atoms with Crippen molar-refractivity contribution in [2.75, 3.05) is 0 Å². The van der Waals surface area contributed by atoms with E-state index in [1.165, 1.54) is 18.4 Å². The van der Waals surface area contributed by atoms with Crippen LogP contribution in [0.3, 0.4) is 0 Å². The summed E-state index contributed by atoms with van der Waals surface area (Å²) in [6.07, 6.45) is 4.93. The molecule has 0 spiro atoms. The van der Waals surface area contributed by atoms with Gasteiger partial charge in [0.2, 0.25) is 0 Å². The van der Waals surface area contributed by atoms with E-state index in [0.29, 0.717) is 5.92 Å². The Kier molecular flexibility index (Phi) is 2.53. The Hall–Kier alpha value is -0.520. The minimum Gasteiger partial charge on any atom is -0.0744 e. The average molecular weight is 150 g/mol. The van der Waals surface area contributed by atoms with Gasteiger partial charge < -0.3 is 0 Å². The summed E-state index contributed by atoms with van der Waals surface area (Å²) in [5.74, 6) is 0.704. The molecule has 1 aliphatic carbocycles. The van der Waals surface area contributed by atoms with Crippen molar-refractivity contribution in [2.24, 2.45) is 5.92 Å². The van der Waals surface area contributed by atoms with Crippen LogP contribution in [0.4, 0.5) is 0 Å². The average Bonchev–Trinajstić information content (AvgIpc) is 2.17. The molecule has 0 N–H and O–H groups in total. The number of hydrogen-bond acceptors (Lipinski definition) is 0. The fourth-order valence-electron chi connectivity index (χ4n) is 1.88. The Morgan fingerprint density at radius 3 is 2.36 bits per heavy atom. The van der Waals surface area contributed by atoms with E-state index in [9.17, 15) is 0 Å². The molecule has 0 bridgehead atoms. The van der Waals surface area contributed by atoms with Gasteiger partial charge in [0.1, 0.15) is 0 Å². The minimum absolute atomic E-state index is 0.704. The molecule has 0 aromatic heterocycles. The highest BCUT2D eigenvalue weighted by Crippen LogP contribution is 2.32. The first-order chi connectivity index (χ1) is 5.16. The first-order valence-electron chi connectivity index (χ1n) is 4.55. The van der Waals surface area contributed by atoms with Gasteiger partial charge in [0.15, 0.2) is 0 Å². The van der Waals surface area contributed by atoms with Crippen LogP contribution in [0.5, 0.6) is 0 Å². The van der Waals surface area contributed by atoms with Gasteiger partial charge in [-0.15, -0.1) is 0 Å². The van der Waals surface area contributed by atoms with E-state index in [0.717, 1.165) is 0 Å². The first kappa shape index (κ1) is 8.58. The van der Waals surface area contributed by atoms with Crippen LogP contribution in [-0.2, 0) is 0 Å². The molecule has 0 radical (unpaired) electrons. The standard InChI is InChI=1S/C11H18/c1-5-6-11-9(3)7-8(2)10(11)4/h7,9H,5-6H2,1-4H3. The van der Waals surface area contributed by atoms with Gasteiger partial charge in [0.25, 0.3) is 0 Å². The molecule has 0 aromatic rings. The largest absolute Gasteiger partial charge is 0.0744 e. The maximum Gasteiger partial charge on any atom is -0.00400 e. The molecule has 1 atom stereocenters. The highest BCUT2D eigenvalue weighted by Gasteiger charge is 2.16. The van der Waals surface area contributed by atoms with E-state index in [1.807, 2.05) is 0 Å². The molecule has 0 fully saturated rings. The van der Waals surface area contributed by atoms with Crippen molar-refractivity contribution in [1.82, 2.24) is 0 Å². The quantitative estimate of drug-likeness (QED) is 0.563. The molecule has 11 heavy (non-hydrogen) atoms. The third kappa shape index (κ3) is 1.55. The Balaban J connectivity index is 2.79. The van der Waals surface area contributed by atoms with Crippen LogP contribution < -0.4 is 0 Å². The van der Waals surface area contributed by atoms with Crippen molar-refractivity contribution in [3.63, 3.8) is 0 Å². The molecule has 0 aromatic carbocycles. The molecule has 0 aliphatic heterocycles. The Labute approximate surface area is 70.0 Å². The molecule has 1 rings (SSSR count). The van der Waals surface area contributed by atoms with Gasteiger partial charge in [-0.05, 0) is 31.8 Å². The second-order valence-electron chi connectivity index (χ2n) is 3.54. The SMILES string of the molecule is CCCC1=C(C)C(C)=CC1C. The van der Waals surface area contributed by atoms with Gasteiger partial charge in [-0.25, -0.2) is 0 Å². The summed E-state index contributed by atoms with van der Waals surface area (Å²) in [6, 6.07) is 0. The summed E-state index contributed by atoms with van der Waals surface area (Å²) in [6.45, 7) is 9.01. The molecule has 0 amide bonds. The van der Waals surface area contributed by atoms with Crippen molar-refractivity contribution < 1.29 is 0 Å². The van der Waals surface area contributed by atoms with Crippen LogP contribution in [0.15, 0.2) is 22.8 Å². The monoisotopic (exact) mass is 150 g/mol. The lowest BCUT2D eigenvalue weighted by molar-refractivity contribution is 0.767. The zero-order chi connectivity index (χ0) is 8.43. The van der Waals surface area contributed by atoms with Crippen molar-refractivity contribution in [2.45, 2.75) is 40.5 Å². The Morgan fingerprint density at radius 1 is 1.36 bits per heavy atom. The topological polar surface area (TPSA) is 0 Å². The normalized spacial score (nSPS) is 24.4. The molecule has 1 unspecified atom stereocenters. The van der Waals surface area contributed by atoms with Crippen molar-refractivity contribution >= 4 is 0 Å². The fraction of sp³-hybridized carbons (Fsp3) is 0.636. The first-order valence-corrected chi connectivity index (χ1v) is 4.55. The summed E-state index contributed by atoms with van der Waals surface area (Å²) < 4.78 is 0. The molecular weight excluding hydrogens is 132 g/mol. The lowest BCUT2D eigenvalue weighted by Crippen LogP contribution is -1.92. The summed E-state index contributed by atoms with van der Waals surface area (Å²) in [5, 5.41) is 0. The van der Waals surface area contributed by atoms with E-state index >= 15 is 0 Å². The van der Waals surface area contributed by atoms with Gasteiger partial charge in [-0.1, -0.05) is 37.5 Å². The molecule has 0 saturated carbocycles. The van der Waals surface area contributed by atoms with E-state index in [1.54, 1.807) is 11.1 Å². The van der Waals surface area contributed by atoms with Crippen LogP contribution in [-0.4, -0.2) is 0 Å². The molecule has 62 valence electrons. The molecular formula is C11H18. The number of rotatable bonds is 2. The number of allylic oxidation sites excluding steroid dienone is 4. The molecule has 0 heteroatoms. The van der Waals surface area contributed by atoms with Gasteiger partial charge in [-0.3, -0.25) is 0 Å². The highest BCUT2D eigenvalue weighted by atomic mass is 14.2. The molecule has 0 nitrogen and oxygen atoms in total. The van der Waals surface area contributed by atoms with E-state index in [2.05, 4.69) is 33.8 Å².